The minimum Gasteiger partial charge on any atom is -0.352 e. The molecule has 1 atom stereocenters. The van der Waals surface area contributed by atoms with E-state index in [0.717, 1.165) is 0 Å². The van der Waals surface area contributed by atoms with E-state index in [2.05, 4.69) is 5.32 Å². The van der Waals surface area contributed by atoms with Crippen LogP contribution in [0.5, 0.6) is 0 Å². The van der Waals surface area contributed by atoms with Gasteiger partial charge >= 0.3 is 0 Å². The van der Waals surface area contributed by atoms with E-state index in [0.29, 0.717) is 19.9 Å². The molecule has 0 fully saturated rings. The monoisotopic (exact) mass is 525 g/mol. The Morgan fingerprint density at radius 1 is 1.03 bits per heavy atom. The molecule has 34 heavy (non-hydrogen) atoms. The molecule has 0 saturated heterocycles. The zero-order valence-electron chi connectivity index (χ0n) is 18.9. The third-order valence-corrected chi connectivity index (χ3v) is 7.98. The van der Waals surface area contributed by atoms with Gasteiger partial charge in [0.15, 0.2) is 0 Å². The molecule has 8 nitrogen and oxygen atoms in total. The lowest BCUT2D eigenvalue weighted by Crippen LogP contribution is -2.49. The molecule has 3 rings (SSSR count). The lowest BCUT2D eigenvalue weighted by atomic mass is 10.1. The normalized spacial score (nSPS) is 15.2. The van der Waals surface area contributed by atoms with Crippen molar-refractivity contribution in [2.75, 3.05) is 6.54 Å². The molecule has 0 radical (unpaired) electrons. The fourth-order valence-electron chi connectivity index (χ4n) is 3.63. The van der Waals surface area contributed by atoms with Gasteiger partial charge in [-0.25, -0.2) is 12.7 Å². The molecule has 182 valence electrons. The van der Waals surface area contributed by atoms with Crippen molar-refractivity contribution in [3.05, 3.63) is 63.6 Å². The Balaban J connectivity index is 1.84. The molecule has 1 aliphatic rings. The van der Waals surface area contributed by atoms with Crippen LogP contribution in [-0.2, 0) is 26.2 Å². The Bertz CT molecular complexity index is 1210. The van der Waals surface area contributed by atoms with Crippen molar-refractivity contribution in [1.29, 1.82) is 0 Å². The molecule has 1 aliphatic heterocycles. The minimum atomic E-state index is -4.05. The van der Waals surface area contributed by atoms with Gasteiger partial charge in [-0.1, -0.05) is 41.4 Å². The number of fused-ring (bicyclic) bond motifs is 1. The van der Waals surface area contributed by atoms with E-state index in [1.165, 1.54) is 23.1 Å². The maximum absolute atomic E-state index is 13.3. The first kappa shape index (κ1) is 26.0. The maximum atomic E-state index is 13.3. The van der Waals surface area contributed by atoms with Crippen LogP contribution in [0.1, 0.15) is 43.1 Å². The highest BCUT2D eigenvalue weighted by Gasteiger charge is 2.41. The van der Waals surface area contributed by atoms with Crippen LogP contribution < -0.4 is 5.32 Å². The molecule has 1 heterocycles. The van der Waals surface area contributed by atoms with Gasteiger partial charge in [0.25, 0.3) is 15.9 Å². The molecule has 1 unspecified atom stereocenters. The fraction of sp³-hybridized carbons (Fsp3) is 0.348. The van der Waals surface area contributed by atoms with Crippen molar-refractivity contribution >= 4 is 50.9 Å². The Kier molecular flexibility index (Phi) is 7.90. The molecular weight excluding hydrogens is 501 g/mol. The molecule has 2 aromatic rings. The third-order valence-electron chi connectivity index (χ3n) is 5.43. The van der Waals surface area contributed by atoms with Crippen LogP contribution in [-0.4, -0.2) is 54.0 Å². The van der Waals surface area contributed by atoms with Gasteiger partial charge in [-0.15, -0.1) is 0 Å². The molecule has 3 amide bonds. The largest absolute Gasteiger partial charge is 0.352 e. The highest BCUT2D eigenvalue weighted by molar-refractivity contribution is 7.90. The number of sulfonamides is 1. The SMILES string of the molecule is CC(C)NC(=O)C(C)N(Cc1c(Cl)cccc1Cl)C(=O)CCN1C(=O)c2ccccc2S1(=O)=O. The fourth-order valence-corrected chi connectivity index (χ4v) is 5.72. The van der Waals surface area contributed by atoms with Gasteiger partial charge in [0.05, 0.1) is 5.56 Å². The summed E-state index contributed by atoms with van der Waals surface area (Å²) in [6.45, 7) is 4.73. The number of benzene rings is 2. The summed E-state index contributed by atoms with van der Waals surface area (Å²) in [5, 5.41) is 3.42. The van der Waals surface area contributed by atoms with Gasteiger partial charge in [-0.3, -0.25) is 14.4 Å². The summed E-state index contributed by atoms with van der Waals surface area (Å²) in [5.74, 6) is -1.60. The van der Waals surface area contributed by atoms with E-state index in [1.807, 2.05) is 0 Å². The standard InChI is InChI=1S/C23H25Cl2N3O5S/c1-14(2)26-22(30)15(3)27(13-17-18(24)8-6-9-19(17)25)21(29)11-12-28-23(31)16-7-4-5-10-20(16)34(28,32)33/h4-10,14-15H,11-13H2,1-3H3,(H,26,30). The molecule has 2 aromatic carbocycles. The Morgan fingerprint density at radius 2 is 1.65 bits per heavy atom. The van der Waals surface area contributed by atoms with Crippen LogP contribution in [0, 0.1) is 0 Å². The average Bonchev–Trinajstić information content (AvgIpc) is 2.96. The van der Waals surface area contributed by atoms with Gasteiger partial charge in [-0.05, 0) is 45.0 Å². The smallest absolute Gasteiger partial charge is 0.269 e. The topological polar surface area (TPSA) is 104 Å². The number of hydrogen-bond acceptors (Lipinski definition) is 5. The molecule has 1 N–H and O–H groups in total. The van der Waals surface area contributed by atoms with Gasteiger partial charge in [0, 0.05) is 41.2 Å². The van der Waals surface area contributed by atoms with Crippen molar-refractivity contribution < 1.29 is 22.8 Å². The summed E-state index contributed by atoms with van der Waals surface area (Å²) < 4.78 is 26.3. The van der Waals surface area contributed by atoms with Crippen LogP contribution >= 0.6 is 23.2 Å². The second kappa shape index (κ2) is 10.3. The maximum Gasteiger partial charge on any atom is 0.269 e. The van der Waals surface area contributed by atoms with E-state index in [4.69, 9.17) is 23.2 Å². The molecule has 0 bridgehead atoms. The Hall–Kier alpha value is -2.62. The third kappa shape index (κ3) is 5.21. The average molecular weight is 526 g/mol. The van der Waals surface area contributed by atoms with Crippen molar-refractivity contribution in [1.82, 2.24) is 14.5 Å². The minimum absolute atomic E-state index is 0.0645. The molecule has 0 spiro atoms. The van der Waals surface area contributed by atoms with Crippen LogP contribution in [0.3, 0.4) is 0 Å². The summed E-state index contributed by atoms with van der Waals surface area (Å²) >= 11 is 12.6. The quantitative estimate of drug-likeness (QED) is 0.568. The van der Waals surface area contributed by atoms with Crippen LogP contribution in [0.2, 0.25) is 10.0 Å². The highest BCUT2D eigenvalue weighted by Crippen LogP contribution is 2.30. The lowest BCUT2D eigenvalue weighted by Gasteiger charge is -2.30. The second-order valence-electron chi connectivity index (χ2n) is 8.19. The molecular formula is C23H25Cl2N3O5S. The highest BCUT2D eigenvalue weighted by atomic mass is 35.5. The summed E-state index contributed by atoms with van der Waals surface area (Å²) in [6, 6.07) is 9.75. The van der Waals surface area contributed by atoms with Crippen molar-refractivity contribution in [2.45, 2.75) is 50.7 Å². The van der Waals surface area contributed by atoms with E-state index >= 15 is 0 Å². The van der Waals surface area contributed by atoms with Crippen molar-refractivity contribution in [3.8, 4) is 0 Å². The van der Waals surface area contributed by atoms with Crippen LogP contribution in [0.4, 0.5) is 0 Å². The predicted molar refractivity (Wildman–Crippen MR) is 129 cm³/mol. The van der Waals surface area contributed by atoms with Crippen molar-refractivity contribution in [3.63, 3.8) is 0 Å². The summed E-state index contributed by atoms with van der Waals surface area (Å²) in [5.41, 5.74) is 0.528. The van der Waals surface area contributed by atoms with E-state index in [-0.39, 0.29) is 41.9 Å². The number of rotatable bonds is 8. The first-order chi connectivity index (χ1) is 15.9. The van der Waals surface area contributed by atoms with Gasteiger partial charge < -0.3 is 10.2 Å². The number of halogens is 2. The predicted octanol–water partition coefficient (Wildman–Crippen LogP) is 3.47. The van der Waals surface area contributed by atoms with Gasteiger partial charge in [0.2, 0.25) is 11.8 Å². The van der Waals surface area contributed by atoms with Crippen LogP contribution in [0.15, 0.2) is 47.4 Å². The van der Waals surface area contributed by atoms with Crippen molar-refractivity contribution in [2.24, 2.45) is 0 Å². The molecule has 11 heteroatoms. The number of amides is 3. The number of carbonyl (C=O) groups is 3. The zero-order chi connectivity index (χ0) is 25.2. The lowest BCUT2D eigenvalue weighted by molar-refractivity contribution is -0.140. The zero-order valence-corrected chi connectivity index (χ0v) is 21.2. The Labute approximate surface area is 208 Å². The number of nitrogens with zero attached hydrogens (tertiary/aromatic N) is 2. The first-order valence-corrected chi connectivity index (χ1v) is 12.8. The number of nitrogens with one attached hydrogen (secondary N) is 1. The summed E-state index contributed by atoms with van der Waals surface area (Å²) in [6.07, 6.45) is -0.319. The number of hydrogen-bond donors (Lipinski definition) is 1. The molecule has 0 aliphatic carbocycles. The summed E-state index contributed by atoms with van der Waals surface area (Å²) in [7, 11) is -4.05. The first-order valence-electron chi connectivity index (χ1n) is 10.6. The number of carbonyl (C=O) groups excluding carboxylic acids is 3. The van der Waals surface area contributed by atoms with Crippen LogP contribution in [0.25, 0.3) is 0 Å². The summed E-state index contributed by atoms with van der Waals surface area (Å²) in [4.78, 5) is 39.8. The van der Waals surface area contributed by atoms with E-state index in [9.17, 15) is 22.8 Å². The molecule has 0 saturated carbocycles. The van der Waals surface area contributed by atoms with Gasteiger partial charge in [0.1, 0.15) is 10.9 Å². The molecule has 0 aromatic heterocycles. The Morgan fingerprint density at radius 3 is 2.24 bits per heavy atom. The van der Waals surface area contributed by atoms with E-state index < -0.39 is 27.9 Å². The second-order valence-corrected chi connectivity index (χ2v) is 10.8. The van der Waals surface area contributed by atoms with E-state index in [1.54, 1.807) is 45.0 Å². The van der Waals surface area contributed by atoms with Gasteiger partial charge in [-0.2, -0.15) is 0 Å².